The van der Waals surface area contributed by atoms with Gasteiger partial charge in [-0.05, 0) is 30.4 Å². The molecule has 1 fully saturated rings. The van der Waals surface area contributed by atoms with Crippen LogP contribution in [-0.2, 0) is 4.79 Å². The summed E-state index contributed by atoms with van der Waals surface area (Å²) < 4.78 is 13.5. The van der Waals surface area contributed by atoms with Crippen LogP contribution in [0.25, 0.3) is 0 Å². The second-order valence-corrected chi connectivity index (χ2v) is 5.59. The minimum absolute atomic E-state index is 0.0303. The van der Waals surface area contributed by atoms with Crippen molar-refractivity contribution in [1.29, 1.82) is 0 Å². The van der Waals surface area contributed by atoms with E-state index in [9.17, 15) is 9.18 Å². The van der Waals surface area contributed by atoms with Crippen LogP contribution in [0.5, 0.6) is 5.75 Å². The Morgan fingerprint density at radius 2 is 2.22 bits per heavy atom. The number of anilines is 1. The summed E-state index contributed by atoms with van der Waals surface area (Å²) in [6, 6.07) is 3.73. The maximum atomic E-state index is 13.5. The molecule has 1 aliphatic rings. The van der Waals surface area contributed by atoms with E-state index in [1.54, 1.807) is 0 Å². The van der Waals surface area contributed by atoms with Gasteiger partial charge in [0.25, 0.3) is 0 Å². The molecule has 18 heavy (non-hydrogen) atoms. The topological polar surface area (TPSA) is 49.3 Å². The number of hydrogen-bond donors (Lipinski definition) is 2. The number of aromatic hydroxyl groups is 1. The quantitative estimate of drug-likeness (QED) is 0.792. The van der Waals surface area contributed by atoms with Crippen molar-refractivity contribution in [3.05, 3.63) is 24.0 Å². The zero-order valence-corrected chi connectivity index (χ0v) is 10.7. The van der Waals surface area contributed by atoms with Gasteiger partial charge in [-0.2, -0.15) is 0 Å². The number of halogens is 1. The molecule has 0 heterocycles. The summed E-state index contributed by atoms with van der Waals surface area (Å²) in [5, 5.41) is 11.7. The largest absolute Gasteiger partial charge is 0.508 e. The highest BCUT2D eigenvalue weighted by molar-refractivity contribution is 5.93. The molecule has 1 aromatic carbocycles. The molecule has 0 aromatic heterocycles. The van der Waals surface area contributed by atoms with Crippen molar-refractivity contribution in [2.75, 3.05) is 5.32 Å². The van der Waals surface area contributed by atoms with E-state index in [-0.39, 0.29) is 28.7 Å². The first kappa shape index (κ1) is 12.9. The smallest absolute Gasteiger partial charge is 0.228 e. The van der Waals surface area contributed by atoms with Crippen molar-refractivity contribution < 1.29 is 14.3 Å². The molecule has 98 valence electrons. The molecule has 3 nitrogen and oxygen atoms in total. The number of phenolic OH excluding ortho intramolecular Hbond substituents is 1. The molecule has 0 spiro atoms. The van der Waals surface area contributed by atoms with Crippen LogP contribution in [0.4, 0.5) is 10.1 Å². The van der Waals surface area contributed by atoms with E-state index in [4.69, 9.17) is 5.11 Å². The first-order chi connectivity index (χ1) is 8.40. The van der Waals surface area contributed by atoms with E-state index < -0.39 is 5.82 Å². The van der Waals surface area contributed by atoms with Gasteiger partial charge in [0.15, 0.2) is 0 Å². The predicted molar refractivity (Wildman–Crippen MR) is 67.8 cm³/mol. The molecule has 1 unspecified atom stereocenters. The molecular weight excluding hydrogens is 233 g/mol. The van der Waals surface area contributed by atoms with Crippen LogP contribution < -0.4 is 5.32 Å². The number of benzene rings is 1. The van der Waals surface area contributed by atoms with Gasteiger partial charge in [-0.25, -0.2) is 4.39 Å². The number of carbonyl (C=O) groups is 1. The lowest BCUT2D eigenvalue weighted by atomic mass is 9.81. The number of rotatable bonds is 2. The molecule has 1 saturated carbocycles. The summed E-state index contributed by atoms with van der Waals surface area (Å²) >= 11 is 0. The molecular formula is C14H18FNO2. The van der Waals surface area contributed by atoms with Crippen LogP contribution in [0.2, 0.25) is 0 Å². The van der Waals surface area contributed by atoms with Gasteiger partial charge in [0, 0.05) is 12.0 Å². The summed E-state index contributed by atoms with van der Waals surface area (Å²) in [6.07, 6.45) is 2.89. The second kappa shape index (κ2) is 4.59. The zero-order chi connectivity index (χ0) is 13.3. The third kappa shape index (κ3) is 2.47. The Kier molecular flexibility index (Phi) is 3.28. The van der Waals surface area contributed by atoms with Crippen LogP contribution in [0.3, 0.4) is 0 Å². The van der Waals surface area contributed by atoms with Crippen molar-refractivity contribution in [1.82, 2.24) is 0 Å². The summed E-state index contributed by atoms with van der Waals surface area (Å²) in [7, 11) is 0. The highest BCUT2D eigenvalue weighted by Crippen LogP contribution is 2.43. The van der Waals surface area contributed by atoms with Crippen LogP contribution in [0, 0.1) is 17.2 Å². The highest BCUT2D eigenvalue weighted by atomic mass is 19.1. The number of hydrogen-bond acceptors (Lipinski definition) is 2. The zero-order valence-electron chi connectivity index (χ0n) is 10.7. The molecule has 1 amide bonds. The van der Waals surface area contributed by atoms with E-state index in [1.165, 1.54) is 12.1 Å². The van der Waals surface area contributed by atoms with Crippen LogP contribution in [0.1, 0.15) is 33.1 Å². The van der Waals surface area contributed by atoms with Gasteiger partial charge in [-0.3, -0.25) is 4.79 Å². The molecule has 4 heteroatoms. The van der Waals surface area contributed by atoms with Gasteiger partial charge in [0.05, 0.1) is 5.69 Å². The lowest BCUT2D eigenvalue weighted by Gasteiger charge is -2.25. The number of carbonyl (C=O) groups excluding carboxylic acids is 1. The molecule has 2 N–H and O–H groups in total. The first-order valence-electron chi connectivity index (χ1n) is 6.19. The average Bonchev–Trinajstić information content (AvgIpc) is 2.62. The predicted octanol–water partition coefficient (Wildman–Crippen LogP) is 3.30. The summed E-state index contributed by atoms with van der Waals surface area (Å²) in [6.45, 7) is 4.13. The van der Waals surface area contributed by atoms with Crippen LogP contribution in [-0.4, -0.2) is 11.0 Å². The fourth-order valence-corrected chi connectivity index (χ4v) is 2.64. The fourth-order valence-electron chi connectivity index (χ4n) is 2.64. The minimum atomic E-state index is -0.612. The SMILES string of the molecule is CC1(C)CCCC1C(=O)Nc1ccc(O)cc1F. The molecule has 1 aromatic rings. The first-order valence-corrected chi connectivity index (χ1v) is 6.19. The maximum absolute atomic E-state index is 13.5. The Morgan fingerprint density at radius 1 is 1.50 bits per heavy atom. The van der Waals surface area contributed by atoms with Gasteiger partial charge in [0.2, 0.25) is 5.91 Å². The van der Waals surface area contributed by atoms with E-state index in [2.05, 4.69) is 19.2 Å². The third-order valence-electron chi connectivity index (χ3n) is 3.78. The van der Waals surface area contributed by atoms with Gasteiger partial charge < -0.3 is 10.4 Å². The number of phenols is 1. The standard InChI is InChI=1S/C14H18FNO2/c1-14(2)7-3-4-10(14)13(18)16-12-6-5-9(17)8-11(12)15/h5-6,8,10,17H,3-4,7H2,1-2H3,(H,16,18). The van der Waals surface area contributed by atoms with Crippen molar-refractivity contribution in [2.24, 2.45) is 11.3 Å². The Bertz CT molecular complexity index is 471. The molecule has 2 rings (SSSR count). The third-order valence-corrected chi connectivity index (χ3v) is 3.78. The van der Waals surface area contributed by atoms with Crippen molar-refractivity contribution in [2.45, 2.75) is 33.1 Å². The molecule has 0 bridgehead atoms. The molecule has 0 radical (unpaired) electrons. The van der Waals surface area contributed by atoms with E-state index >= 15 is 0 Å². The summed E-state index contributed by atoms with van der Waals surface area (Å²) in [4.78, 5) is 12.1. The number of nitrogens with one attached hydrogen (secondary N) is 1. The Morgan fingerprint density at radius 3 is 2.78 bits per heavy atom. The van der Waals surface area contributed by atoms with Gasteiger partial charge in [-0.15, -0.1) is 0 Å². The van der Waals surface area contributed by atoms with E-state index in [1.807, 2.05) is 0 Å². The van der Waals surface area contributed by atoms with Gasteiger partial charge >= 0.3 is 0 Å². The van der Waals surface area contributed by atoms with Crippen LogP contribution >= 0.6 is 0 Å². The lowest BCUT2D eigenvalue weighted by Crippen LogP contribution is -2.31. The van der Waals surface area contributed by atoms with Gasteiger partial charge in [-0.1, -0.05) is 20.3 Å². The molecule has 0 saturated heterocycles. The molecule has 0 aliphatic heterocycles. The summed E-state index contributed by atoms with van der Waals surface area (Å²) in [5.41, 5.74) is 0.0952. The monoisotopic (exact) mass is 251 g/mol. The Labute approximate surface area is 106 Å². The second-order valence-electron chi connectivity index (χ2n) is 5.59. The Hall–Kier alpha value is -1.58. The average molecular weight is 251 g/mol. The van der Waals surface area contributed by atoms with Crippen molar-refractivity contribution in [3.8, 4) is 5.75 Å². The lowest BCUT2D eigenvalue weighted by molar-refractivity contribution is -0.122. The van der Waals surface area contributed by atoms with Crippen LogP contribution in [0.15, 0.2) is 18.2 Å². The van der Waals surface area contributed by atoms with Crippen molar-refractivity contribution >= 4 is 11.6 Å². The van der Waals surface area contributed by atoms with Gasteiger partial charge in [0.1, 0.15) is 11.6 Å². The maximum Gasteiger partial charge on any atom is 0.228 e. The molecule has 1 aliphatic carbocycles. The van der Waals surface area contributed by atoms with E-state index in [0.29, 0.717) is 0 Å². The highest BCUT2D eigenvalue weighted by Gasteiger charge is 2.39. The Balaban J connectivity index is 2.12. The minimum Gasteiger partial charge on any atom is -0.508 e. The summed E-state index contributed by atoms with van der Waals surface area (Å²) in [5.74, 6) is -0.973. The number of amides is 1. The fraction of sp³-hybridized carbons (Fsp3) is 0.500. The van der Waals surface area contributed by atoms with E-state index in [0.717, 1.165) is 25.3 Å². The normalized spacial score (nSPS) is 21.8. The molecule has 1 atom stereocenters. The van der Waals surface area contributed by atoms with Crippen molar-refractivity contribution in [3.63, 3.8) is 0 Å².